The van der Waals surface area contributed by atoms with Crippen LogP contribution in [0, 0.1) is 6.92 Å². The molecule has 1 aromatic heterocycles. The van der Waals surface area contributed by atoms with E-state index in [4.69, 9.17) is 11.6 Å². The maximum absolute atomic E-state index is 12.2. The zero-order chi connectivity index (χ0) is 16.2. The van der Waals surface area contributed by atoms with Gasteiger partial charge in [-0.15, -0.1) is 0 Å². The largest absolute Gasteiger partial charge is 0.347 e. The summed E-state index contributed by atoms with van der Waals surface area (Å²) < 4.78 is 0. The van der Waals surface area contributed by atoms with E-state index in [9.17, 15) is 4.79 Å². The number of aryl methyl sites for hydroxylation is 1. The molecule has 4 nitrogen and oxygen atoms in total. The number of hydrogen-bond donors (Lipinski definition) is 2. The molecule has 0 atom stereocenters. The van der Waals surface area contributed by atoms with Gasteiger partial charge in [-0.25, -0.2) is 0 Å². The van der Waals surface area contributed by atoms with Gasteiger partial charge in [-0.3, -0.25) is 9.89 Å². The van der Waals surface area contributed by atoms with Crippen LogP contribution in [-0.4, -0.2) is 16.1 Å². The minimum atomic E-state index is -0.212. The highest BCUT2D eigenvalue weighted by Crippen LogP contribution is 2.18. The fourth-order valence-electron chi connectivity index (χ4n) is 2.22. The van der Waals surface area contributed by atoms with Gasteiger partial charge in [0.25, 0.3) is 5.91 Å². The van der Waals surface area contributed by atoms with Crippen molar-refractivity contribution < 1.29 is 4.79 Å². The molecule has 23 heavy (non-hydrogen) atoms. The fourth-order valence-corrected chi connectivity index (χ4v) is 2.43. The van der Waals surface area contributed by atoms with Gasteiger partial charge < -0.3 is 5.32 Å². The normalized spacial score (nSPS) is 10.5. The molecule has 3 aromatic rings. The van der Waals surface area contributed by atoms with Crippen molar-refractivity contribution in [2.24, 2.45) is 0 Å². The van der Waals surface area contributed by atoms with Gasteiger partial charge in [0.05, 0.1) is 5.69 Å². The molecule has 3 rings (SSSR count). The Morgan fingerprint density at radius 3 is 2.65 bits per heavy atom. The third-order valence-corrected chi connectivity index (χ3v) is 3.94. The SMILES string of the molecule is Cc1ccc(-c2cc(C(=O)NCc3ccccc3Cl)[nH]n2)cc1. The molecule has 5 heteroatoms. The molecule has 1 heterocycles. The van der Waals surface area contributed by atoms with Gasteiger partial charge >= 0.3 is 0 Å². The topological polar surface area (TPSA) is 57.8 Å². The van der Waals surface area contributed by atoms with Crippen LogP contribution in [-0.2, 0) is 6.54 Å². The zero-order valence-corrected chi connectivity index (χ0v) is 13.4. The van der Waals surface area contributed by atoms with Crippen LogP contribution < -0.4 is 5.32 Å². The van der Waals surface area contributed by atoms with Crippen molar-refractivity contribution in [1.82, 2.24) is 15.5 Å². The van der Waals surface area contributed by atoms with E-state index in [0.717, 1.165) is 16.8 Å². The van der Waals surface area contributed by atoms with E-state index in [1.54, 1.807) is 12.1 Å². The molecule has 0 aliphatic rings. The molecule has 116 valence electrons. The number of nitrogens with one attached hydrogen (secondary N) is 2. The Kier molecular flexibility index (Phi) is 4.44. The van der Waals surface area contributed by atoms with Crippen molar-refractivity contribution in [1.29, 1.82) is 0 Å². The summed E-state index contributed by atoms with van der Waals surface area (Å²) in [6, 6.07) is 17.2. The standard InChI is InChI=1S/C18H16ClN3O/c1-12-6-8-13(9-7-12)16-10-17(22-21-16)18(23)20-11-14-4-2-3-5-15(14)19/h2-10H,11H2,1H3,(H,20,23)(H,21,22). The quantitative estimate of drug-likeness (QED) is 0.762. The maximum Gasteiger partial charge on any atom is 0.269 e. The number of carbonyl (C=O) groups is 1. The van der Waals surface area contributed by atoms with Crippen LogP contribution in [0.2, 0.25) is 5.02 Å². The lowest BCUT2D eigenvalue weighted by atomic mass is 10.1. The lowest BCUT2D eigenvalue weighted by molar-refractivity contribution is 0.0946. The van der Waals surface area contributed by atoms with Crippen molar-refractivity contribution in [3.63, 3.8) is 0 Å². The molecule has 2 aromatic carbocycles. The zero-order valence-electron chi connectivity index (χ0n) is 12.6. The molecular weight excluding hydrogens is 310 g/mol. The predicted octanol–water partition coefficient (Wildman–Crippen LogP) is 3.97. The highest BCUT2D eigenvalue weighted by atomic mass is 35.5. The molecule has 0 saturated carbocycles. The van der Waals surface area contributed by atoms with E-state index >= 15 is 0 Å². The Morgan fingerprint density at radius 1 is 1.17 bits per heavy atom. The third-order valence-electron chi connectivity index (χ3n) is 3.57. The number of aromatic nitrogens is 2. The molecule has 2 N–H and O–H groups in total. The summed E-state index contributed by atoms with van der Waals surface area (Å²) in [5, 5.41) is 10.4. The van der Waals surface area contributed by atoms with Crippen molar-refractivity contribution in [3.8, 4) is 11.3 Å². The molecule has 0 spiro atoms. The molecule has 0 fully saturated rings. The summed E-state index contributed by atoms with van der Waals surface area (Å²) in [4.78, 5) is 12.2. The number of nitrogens with zero attached hydrogens (tertiary/aromatic N) is 1. The summed E-state index contributed by atoms with van der Waals surface area (Å²) in [7, 11) is 0. The van der Waals surface area contributed by atoms with Crippen LogP contribution in [0.25, 0.3) is 11.3 Å². The van der Waals surface area contributed by atoms with Gasteiger partial charge in [0.2, 0.25) is 0 Å². The number of hydrogen-bond acceptors (Lipinski definition) is 2. The Balaban J connectivity index is 1.69. The molecule has 0 bridgehead atoms. The lowest BCUT2D eigenvalue weighted by Crippen LogP contribution is -2.23. The molecule has 0 unspecified atom stereocenters. The number of rotatable bonds is 4. The summed E-state index contributed by atoms with van der Waals surface area (Å²) in [5.74, 6) is -0.212. The molecule has 0 aliphatic heterocycles. The Bertz CT molecular complexity index is 824. The monoisotopic (exact) mass is 325 g/mol. The van der Waals surface area contributed by atoms with Gasteiger partial charge in [0.1, 0.15) is 5.69 Å². The highest BCUT2D eigenvalue weighted by molar-refractivity contribution is 6.31. The van der Waals surface area contributed by atoms with Gasteiger partial charge in [-0.1, -0.05) is 59.6 Å². The Morgan fingerprint density at radius 2 is 1.91 bits per heavy atom. The van der Waals surface area contributed by atoms with Crippen molar-refractivity contribution in [2.75, 3.05) is 0 Å². The van der Waals surface area contributed by atoms with Crippen LogP contribution >= 0.6 is 11.6 Å². The molecule has 0 saturated heterocycles. The number of benzene rings is 2. The molecule has 0 radical (unpaired) electrons. The van der Waals surface area contributed by atoms with E-state index in [-0.39, 0.29) is 5.91 Å². The van der Waals surface area contributed by atoms with Crippen LogP contribution in [0.3, 0.4) is 0 Å². The number of halogens is 1. The van der Waals surface area contributed by atoms with Crippen LogP contribution in [0.15, 0.2) is 54.6 Å². The van der Waals surface area contributed by atoms with Gasteiger partial charge in [0, 0.05) is 17.1 Å². The Labute approximate surface area is 139 Å². The van der Waals surface area contributed by atoms with Gasteiger partial charge in [-0.05, 0) is 24.6 Å². The van der Waals surface area contributed by atoms with Gasteiger partial charge in [-0.2, -0.15) is 5.10 Å². The van der Waals surface area contributed by atoms with Crippen LogP contribution in [0.5, 0.6) is 0 Å². The van der Waals surface area contributed by atoms with E-state index < -0.39 is 0 Å². The van der Waals surface area contributed by atoms with Crippen molar-refractivity contribution in [2.45, 2.75) is 13.5 Å². The summed E-state index contributed by atoms with van der Waals surface area (Å²) in [6.45, 7) is 2.40. The van der Waals surface area contributed by atoms with E-state index in [0.29, 0.717) is 17.3 Å². The molecule has 1 amide bonds. The second-order valence-electron chi connectivity index (χ2n) is 5.31. The van der Waals surface area contributed by atoms with Gasteiger partial charge in [0.15, 0.2) is 0 Å². The first-order valence-electron chi connectivity index (χ1n) is 7.27. The first-order chi connectivity index (χ1) is 11.1. The Hall–Kier alpha value is -2.59. The van der Waals surface area contributed by atoms with E-state index in [2.05, 4.69) is 15.5 Å². The van der Waals surface area contributed by atoms with Crippen LogP contribution in [0.1, 0.15) is 21.6 Å². The number of H-pyrrole nitrogens is 1. The summed E-state index contributed by atoms with van der Waals surface area (Å²) in [5.41, 5.74) is 4.19. The number of amides is 1. The second kappa shape index (κ2) is 6.67. The average Bonchev–Trinajstić information content (AvgIpc) is 3.04. The second-order valence-corrected chi connectivity index (χ2v) is 5.71. The third kappa shape index (κ3) is 3.60. The summed E-state index contributed by atoms with van der Waals surface area (Å²) in [6.07, 6.45) is 0. The predicted molar refractivity (Wildman–Crippen MR) is 91.4 cm³/mol. The van der Waals surface area contributed by atoms with E-state index in [1.807, 2.05) is 49.4 Å². The van der Waals surface area contributed by atoms with Crippen molar-refractivity contribution >= 4 is 17.5 Å². The number of aromatic amines is 1. The smallest absolute Gasteiger partial charge is 0.269 e. The molecular formula is C18H16ClN3O. The maximum atomic E-state index is 12.2. The average molecular weight is 326 g/mol. The van der Waals surface area contributed by atoms with Crippen molar-refractivity contribution in [3.05, 3.63) is 76.4 Å². The summed E-state index contributed by atoms with van der Waals surface area (Å²) >= 11 is 6.08. The van der Waals surface area contributed by atoms with E-state index in [1.165, 1.54) is 5.56 Å². The minimum absolute atomic E-state index is 0.212. The first-order valence-corrected chi connectivity index (χ1v) is 7.65. The number of carbonyl (C=O) groups excluding carboxylic acids is 1. The minimum Gasteiger partial charge on any atom is -0.347 e. The molecule has 0 aliphatic carbocycles. The fraction of sp³-hybridized carbons (Fsp3) is 0.111. The first kappa shape index (κ1) is 15.3. The van der Waals surface area contributed by atoms with Crippen LogP contribution in [0.4, 0.5) is 0 Å². The highest BCUT2D eigenvalue weighted by Gasteiger charge is 2.11. The lowest BCUT2D eigenvalue weighted by Gasteiger charge is -2.05.